The van der Waals surface area contributed by atoms with Gasteiger partial charge in [-0.05, 0) is 18.6 Å². The SMILES string of the molecule is [2H]C1(c2ccc(C)nc2)OC(N)=C(OS(=O)(=O)C([2H])([2H])c2ccccc2)C1=O. The van der Waals surface area contributed by atoms with Gasteiger partial charge in [0.05, 0.1) is 4.11 Å². The van der Waals surface area contributed by atoms with Crippen molar-refractivity contribution in [2.75, 3.05) is 0 Å². The molecule has 130 valence electrons. The largest absolute Gasteiger partial charge is 0.460 e. The summed E-state index contributed by atoms with van der Waals surface area (Å²) in [6.45, 7) is 1.71. The van der Waals surface area contributed by atoms with E-state index < -0.39 is 39.3 Å². The lowest BCUT2D eigenvalue weighted by molar-refractivity contribution is -0.123. The lowest BCUT2D eigenvalue weighted by Crippen LogP contribution is -2.16. The molecule has 2 heterocycles. The summed E-state index contributed by atoms with van der Waals surface area (Å²) in [6, 6.07) is 9.99. The predicted octanol–water partition coefficient (Wildman–Crippen LogP) is 1.70. The minimum Gasteiger partial charge on any atom is -0.460 e. The Morgan fingerprint density at radius 2 is 2.04 bits per heavy atom. The van der Waals surface area contributed by atoms with Crippen LogP contribution < -0.4 is 5.73 Å². The van der Waals surface area contributed by atoms with Crippen LogP contribution >= 0.6 is 0 Å². The summed E-state index contributed by atoms with van der Waals surface area (Å²) in [5.41, 5.74) is 3.07. The van der Waals surface area contributed by atoms with Crippen LogP contribution in [0.1, 0.15) is 27.0 Å². The van der Waals surface area contributed by atoms with Gasteiger partial charge in [-0.3, -0.25) is 9.78 Å². The van der Waals surface area contributed by atoms with Gasteiger partial charge >= 0.3 is 10.1 Å². The Labute approximate surface area is 149 Å². The lowest BCUT2D eigenvalue weighted by Gasteiger charge is -2.09. The second-order valence-corrected chi connectivity index (χ2v) is 6.43. The molecule has 0 fully saturated rings. The Balaban J connectivity index is 1.93. The molecule has 0 spiro atoms. The van der Waals surface area contributed by atoms with Crippen LogP contribution in [0.15, 0.2) is 60.3 Å². The fourth-order valence-corrected chi connectivity index (χ4v) is 2.91. The Morgan fingerprint density at radius 1 is 1.32 bits per heavy atom. The number of nitrogens with zero attached hydrogens (tertiary/aromatic N) is 1. The molecule has 0 saturated heterocycles. The van der Waals surface area contributed by atoms with Gasteiger partial charge in [-0.1, -0.05) is 36.4 Å². The predicted molar refractivity (Wildman–Crippen MR) is 89.2 cm³/mol. The van der Waals surface area contributed by atoms with Crippen molar-refractivity contribution in [3.63, 3.8) is 0 Å². The quantitative estimate of drug-likeness (QED) is 0.805. The summed E-state index contributed by atoms with van der Waals surface area (Å²) in [5.74, 6) is -2.86. The molecule has 2 N–H and O–H groups in total. The minimum absolute atomic E-state index is 0.0214. The molecule has 1 aliphatic heterocycles. The van der Waals surface area contributed by atoms with Crippen molar-refractivity contribution in [3.05, 3.63) is 77.1 Å². The fraction of sp³-hybridized carbons (Fsp3) is 0.176. The maximum absolute atomic E-state index is 12.7. The average molecular weight is 363 g/mol. The zero-order valence-electron chi connectivity index (χ0n) is 16.1. The molecule has 0 saturated carbocycles. The number of carbonyl (C=O) groups is 1. The second-order valence-electron chi connectivity index (χ2n) is 5.15. The number of aryl methyl sites for hydroxylation is 1. The highest BCUT2D eigenvalue weighted by atomic mass is 32.2. The number of ketones is 1. The normalized spacial score (nSPS) is 22.8. The zero-order chi connectivity index (χ0) is 20.7. The van der Waals surface area contributed by atoms with Gasteiger partial charge in [0.15, 0.2) is 6.08 Å². The summed E-state index contributed by atoms with van der Waals surface area (Å²) >= 11 is 0. The van der Waals surface area contributed by atoms with Crippen molar-refractivity contribution in [2.24, 2.45) is 5.73 Å². The number of hydrogen-bond acceptors (Lipinski definition) is 7. The molecule has 0 amide bonds. The lowest BCUT2D eigenvalue weighted by atomic mass is 10.1. The van der Waals surface area contributed by atoms with Gasteiger partial charge in [-0.2, -0.15) is 8.42 Å². The highest BCUT2D eigenvalue weighted by Gasteiger charge is 2.39. The maximum atomic E-state index is 12.7. The van der Waals surface area contributed by atoms with Gasteiger partial charge in [-0.15, -0.1) is 0 Å². The molecule has 1 aliphatic rings. The Morgan fingerprint density at radius 3 is 2.68 bits per heavy atom. The summed E-state index contributed by atoms with van der Waals surface area (Å²) in [7, 11) is -5.01. The first-order valence-electron chi connectivity index (χ1n) is 8.65. The molecule has 0 radical (unpaired) electrons. The molecular weight excluding hydrogens is 344 g/mol. The monoisotopic (exact) mass is 363 g/mol. The van der Waals surface area contributed by atoms with Crippen molar-refractivity contribution >= 4 is 15.9 Å². The van der Waals surface area contributed by atoms with Crippen LogP contribution in [0.2, 0.25) is 0 Å². The molecule has 3 rings (SSSR count). The zero-order valence-corrected chi connectivity index (χ0v) is 13.9. The van der Waals surface area contributed by atoms with Crippen molar-refractivity contribution in [1.82, 2.24) is 4.98 Å². The first kappa shape index (κ1) is 13.4. The van der Waals surface area contributed by atoms with Crippen LogP contribution in [0.4, 0.5) is 0 Å². The first-order valence-corrected chi connectivity index (χ1v) is 8.56. The number of nitrogens with two attached hydrogens (primary N) is 1. The van der Waals surface area contributed by atoms with Gasteiger partial charge in [-0.25, -0.2) is 0 Å². The van der Waals surface area contributed by atoms with Crippen LogP contribution in [0.25, 0.3) is 0 Å². The summed E-state index contributed by atoms with van der Waals surface area (Å²) < 4.78 is 59.0. The van der Waals surface area contributed by atoms with Crippen LogP contribution in [-0.2, 0) is 29.5 Å². The molecule has 0 aliphatic carbocycles. The van der Waals surface area contributed by atoms with Crippen molar-refractivity contribution in [2.45, 2.75) is 18.7 Å². The van der Waals surface area contributed by atoms with E-state index in [4.69, 9.17) is 18.8 Å². The van der Waals surface area contributed by atoms with Crippen LogP contribution in [0, 0.1) is 6.92 Å². The number of carbonyl (C=O) groups excluding carboxylic acids is 1. The molecule has 8 heteroatoms. The highest BCUT2D eigenvalue weighted by molar-refractivity contribution is 7.86. The number of aromatic nitrogens is 1. The van der Waals surface area contributed by atoms with E-state index in [2.05, 4.69) is 4.98 Å². The van der Waals surface area contributed by atoms with Gasteiger partial charge in [0.2, 0.25) is 17.4 Å². The van der Waals surface area contributed by atoms with Crippen LogP contribution in [-0.4, -0.2) is 19.2 Å². The maximum Gasteiger partial charge on any atom is 0.313 e. The molecular formula is C17H16N2O5S. The number of hydrogen-bond donors (Lipinski definition) is 1. The van der Waals surface area contributed by atoms with E-state index in [1.807, 2.05) is 0 Å². The average Bonchev–Trinajstić information content (AvgIpc) is 2.86. The van der Waals surface area contributed by atoms with E-state index >= 15 is 0 Å². The molecule has 2 aromatic rings. The minimum atomic E-state index is -5.01. The third-order valence-electron chi connectivity index (χ3n) is 3.23. The second kappa shape index (κ2) is 6.56. The Bertz CT molecular complexity index is 1060. The smallest absolute Gasteiger partial charge is 0.313 e. The molecule has 1 aromatic carbocycles. The molecule has 0 bridgehead atoms. The number of ether oxygens (including phenoxy) is 1. The number of rotatable bonds is 5. The third-order valence-corrected chi connectivity index (χ3v) is 4.10. The van der Waals surface area contributed by atoms with E-state index in [-0.39, 0.29) is 11.1 Å². The van der Waals surface area contributed by atoms with Crippen LogP contribution in [0.3, 0.4) is 0 Å². The van der Waals surface area contributed by atoms with Crippen molar-refractivity contribution in [1.29, 1.82) is 0 Å². The van der Waals surface area contributed by atoms with Gasteiger partial charge < -0.3 is 14.7 Å². The molecule has 1 atom stereocenters. The van der Waals surface area contributed by atoms with Gasteiger partial charge in [0.1, 0.15) is 5.70 Å². The number of Topliss-reactive ketones (excluding diaryl/α,β-unsaturated/α-hetero) is 1. The standard InChI is InChI=1S/C17H16N2O5S/c1-11-7-8-13(9-19-11)15-14(20)16(17(18)23-15)24-25(21,22)10-12-5-3-2-4-6-12/h2-9,15H,10,18H2,1H3/i10D2,15D. The molecule has 1 unspecified atom stereocenters. The van der Waals surface area contributed by atoms with Crippen molar-refractivity contribution < 1.29 is 26.2 Å². The third kappa shape index (κ3) is 3.80. The summed E-state index contributed by atoms with van der Waals surface area (Å²) in [5, 5.41) is 0. The number of benzene rings is 1. The number of pyridine rings is 1. The van der Waals surface area contributed by atoms with E-state index in [0.29, 0.717) is 5.69 Å². The summed E-state index contributed by atoms with van der Waals surface area (Å²) in [6.07, 6.45) is -1.15. The van der Waals surface area contributed by atoms with Gasteiger partial charge in [0.25, 0.3) is 0 Å². The highest BCUT2D eigenvalue weighted by Crippen LogP contribution is 2.32. The van der Waals surface area contributed by atoms with Crippen molar-refractivity contribution in [3.8, 4) is 0 Å². The molecule has 25 heavy (non-hydrogen) atoms. The first-order chi connectivity index (χ1) is 13.0. The van der Waals surface area contributed by atoms with E-state index in [1.54, 1.807) is 19.1 Å². The van der Waals surface area contributed by atoms with Gasteiger partial charge in [0, 0.05) is 17.5 Å². The Hall–Kier alpha value is -2.87. The topological polar surface area (TPSA) is 109 Å². The fourth-order valence-electron chi connectivity index (χ4n) is 2.07. The van der Waals surface area contributed by atoms with Crippen LogP contribution in [0.5, 0.6) is 0 Å². The van der Waals surface area contributed by atoms with E-state index in [9.17, 15) is 13.2 Å². The Kier molecular flexibility index (Phi) is 3.52. The van der Waals surface area contributed by atoms with E-state index in [1.165, 1.54) is 36.5 Å². The summed E-state index contributed by atoms with van der Waals surface area (Å²) in [4.78, 5) is 16.7. The van der Waals surface area contributed by atoms with E-state index in [0.717, 1.165) is 0 Å². The molecule has 1 aromatic heterocycles. The molecule has 7 nitrogen and oxygen atoms in total.